The molecule has 1 unspecified atom stereocenters. The van der Waals surface area contributed by atoms with E-state index >= 15 is 0 Å². The Labute approximate surface area is 250 Å². The number of nitrogens with one attached hydrogen (secondary N) is 2. The highest BCUT2D eigenvalue weighted by atomic mass is 19.1. The zero-order valence-corrected chi connectivity index (χ0v) is 24.3. The molecule has 1 saturated heterocycles. The molecule has 4 aromatic rings. The molecular weight excluding hydrogens is 551 g/mol. The third-order valence-corrected chi connectivity index (χ3v) is 7.58. The lowest BCUT2D eigenvalue weighted by Gasteiger charge is -2.26. The minimum atomic E-state index is -0.243. The number of hydrazine groups is 1. The number of fused-ring (bicyclic) bond motifs is 3. The molecule has 0 aliphatic carbocycles. The van der Waals surface area contributed by atoms with Crippen molar-refractivity contribution < 1.29 is 28.1 Å². The second-order valence-corrected chi connectivity index (χ2v) is 10.5. The molecule has 0 bridgehead atoms. The average molecular weight is 589 g/mol. The van der Waals surface area contributed by atoms with Crippen LogP contribution in [0, 0.1) is 5.82 Å². The van der Waals surface area contributed by atoms with Crippen molar-refractivity contribution in [1.82, 2.24) is 15.3 Å². The first-order chi connectivity index (χ1) is 21.2. The number of ether oxygens (including phenoxy) is 5. The summed E-state index contributed by atoms with van der Waals surface area (Å²) in [6.07, 6.45) is 3.46. The first-order valence-corrected chi connectivity index (χ1v) is 14.9. The highest BCUT2D eigenvalue weighted by molar-refractivity contribution is 5.95. The maximum Gasteiger partial charge on any atom is 0.204 e. The van der Waals surface area contributed by atoms with Crippen LogP contribution < -0.4 is 29.8 Å². The highest BCUT2D eigenvalue weighted by Gasteiger charge is 2.25. The summed E-state index contributed by atoms with van der Waals surface area (Å²) in [6, 6.07) is 18.0. The van der Waals surface area contributed by atoms with Crippen LogP contribution in [-0.4, -0.2) is 62.6 Å². The van der Waals surface area contributed by atoms with E-state index < -0.39 is 0 Å². The van der Waals surface area contributed by atoms with Crippen LogP contribution in [-0.2, 0) is 4.74 Å². The van der Waals surface area contributed by atoms with E-state index in [1.54, 1.807) is 18.3 Å². The van der Waals surface area contributed by atoms with Gasteiger partial charge in [0.25, 0.3) is 0 Å². The van der Waals surface area contributed by atoms with Gasteiger partial charge in [-0.1, -0.05) is 19.1 Å². The number of benzene rings is 3. The van der Waals surface area contributed by atoms with Crippen LogP contribution in [0.25, 0.3) is 10.9 Å². The van der Waals surface area contributed by atoms with E-state index in [0.717, 1.165) is 62.3 Å². The fraction of sp³-hybridized carbons (Fsp3) is 0.364. The van der Waals surface area contributed by atoms with Crippen LogP contribution in [0.2, 0.25) is 0 Å². The molecule has 0 saturated carbocycles. The monoisotopic (exact) mass is 588 g/mol. The summed E-state index contributed by atoms with van der Waals surface area (Å²) in [5, 5.41) is 0.742. The Balaban J connectivity index is 1.13. The second-order valence-electron chi connectivity index (χ2n) is 10.5. The van der Waals surface area contributed by atoms with Crippen LogP contribution in [0.4, 0.5) is 10.1 Å². The average Bonchev–Trinajstić information content (AvgIpc) is 3.05. The number of hydrogen-bond donors (Lipinski definition) is 2. The number of rotatable bonds is 12. The van der Waals surface area contributed by atoms with E-state index in [1.807, 2.05) is 36.4 Å². The molecule has 3 heterocycles. The van der Waals surface area contributed by atoms with Gasteiger partial charge in [-0.25, -0.2) is 9.82 Å². The van der Waals surface area contributed by atoms with Crippen molar-refractivity contribution in [3.63, 3.8) is 0 Å². The number of halogens is 1. The smallest absolute Gasteiger partial charge is 0.204 e. The molecule has 1 aromatic heterocycles. The van der Waals surface area contributed by atoms with Gasteiger partial charge < -0.3 is 29.1 Å². The molecule has 2 aliphatic rings. The summed E-state index contributed by atoms with van der Waals surface area (Å²) >= 11 is 0. The lowest BCUT2D eigenvalue weighted by atomic mass is 10.1. The fourth-order valence-corrected chi connectivity index (χ4v) is 5.28. The Morgan fingerprint density at radius 1 is 0.930 bits per heavy atom. The van der Waals surface area contributed by atoms with Crippen molar-refractivity contribution in [3.05, 3.63) is 78.2 Å². The van der Waals surface area contributed by atoms with Gasteiger partial charge in [0.15, 0.2) is 11.5 Å². The van der Waals surface area contributed by atoms with Gasteiger partial charge in [0.2, 0.25) is 5.75 Å². The molecule has 6 rings (SSSR count). The summed E-state index contributed by atoms with van der Waals surface area (Å²) in [6.45, 7) is 7.98. The summed E-state index contributed by atoms with van der Waals surface area (Å²) < 4.78 is 43.4. The molecule has 1 fully saturated rings. The number of aromatic nitrogens is 1. The quantitative estimate of drug-likeness (QED) is 0.150. The molecule has 2 aliphatic heterocycles. The summed E-state index contributed by atoms with van der Waals surface area (Å²) in [7, 11) is 0. The number of pyridine rings is 1. The molecule has 226 valence electrons. The normalized spacial score (nSPS) is 15.7. The summed E-state index contributed by atoms with van der Waals surface area (Å²) in [5.41, 5.74) is 9.16. The summed E-state index contributed by atoms with van der Waals surface area (Å²) in [5.74, 6) is 2.84. The van der Waals surface area contributed by atoms with Crippen LogP contribution in [0.5, 0.6) is 28.7 Å². The van der Waals surface area contributed by atoms with Crippen LogP contribution >= 0.6 is 0 Å². The summed E-state index contributed by atoms with van der Waals surface area (Å²) in [4.78, 5) is 6.98. The second kappa shape index (κ2) is 13.9. The van der Waals surface area contributed by atoms with E-state index in [9.17, 15) is 4.39 Å². The molecule has 43 heavy (non-hydrogen) atoms. The van der Waals surface area contributed by atoms with Gasteiger partial charge in [-0.2, -0.15) is 0 Å². The Bertz CT molecular complexity index is 1500. The van der Waals surface area contributed by atoms with Crippen LogP contribution in [0.1, 0.15) is 31.4 Å². The fourth-order valence-electron chi connectivity index (χ4n) is 5.28. The van der Waals surface area contributed by atoms with Gasteiger partial charge in [0.1, 0.15) is 30.5 Å². The van der Waals surface area contributed by atoms with Crippen molar-refractivity contribution in [2.45, 2.75) is 25.8 Å². The first-order valence-electron chi connectivity index (χ1n) is 14.9. The molecule has 0 radical (unpaired) electrons. The van der Waals surface area contributed by atoms with E-state index in [4.69, 9.17) is 23.7 Å². The number of morpholine rings is 1. The minimum Gasteiger partial charge on any atom is -0.489 e. The van der Waals surface area contributed by atoms with Crippen LogP contribution in [0.15, 0.2) is 66.9 Å². The Morgan fingerprint density at radius 2 is 1.70 bits per heavy atom. The van der Waals surface area contributed by atoms with Gasteiger partial charge in [0, 0.05) is 37.6 Å². The number of anilines is 1. The van der Waals surface area contributed by atoms with Gasteiger partial charge >= 0.3 is 0 Å². The zero-order chi connectivity index (χ0) is 29.4. The molecule has 0 spiro atoms. The topological polar surface area (TPSA) is 86.3 Å². The van der Waals surface area contributed by atoms with Gasteiger partial charge in [-0.3, -0.25) is 9.88 Å². The first kappa shape index (κ1) is 29.0. The van der Waals surface area contributed by atoms with Gasteiger partial charge in [0.05, 0.1) is 36.8 Å². The zero-order valence-electron chi connectivity index (χ0n) is 24.3. The van der Waals surface area contributed by atoms with Crippen LogP contribution in [0.3, 0.4) is 0 Å². The van der Waals surface area contributed by atoms with E-state index in [1.165, 1.54) is 12.1 Å². The van der Waals surface area contributed by atoms with E-state index in [2.05, 4.69) is 27.7 Å². The molecular formula is C33H37FN4O5. The number of nitrogens with zero attached hydrogens (tertiary/aromatic N) is 2. The van der Waals surface area contributed by atoms with E-state index in [-0.39, 0.29) is 11.9 Å². The molecule has 3 aromatic carbocycles. The standard InChI is InChI=1S/C33H37FN4O5/c1-2-27(23-4-6-24(34)7-5-23)37-36-25-8-10-26(11-9-25)43-29-12-13-35-28-22-30(32-33(31(28)29)42-21-20-41-32)40-17-3-14-38-15-18-39-19-16-38/h4-13,22,27,36-37H,2-3,14-21H2,1H3. The van der Waals surface area contributed by atoms with Crippen molar-refractivity contribution in [2.75, 3.05) is 58.1 Å². The lowest BCUT2D eigenvalue weighted by molar-refractivity contribution is 0.0357. The lowest BCUT2D eigenvalue weighted by Crippen LogP contribution is -2.37. The minimum absolute atomic E-state index is 0.0340. The Kier molecular flexibility index (Phi) is 9.37. The largest absolute Gasteiger partial charge is 0.489 e. The SMILES string of the molecule is CCC(NNc1ccc(Oc2ccnc3cc(OCCCN4CCOCC4)c4c(c23)OCCO4)cc1)c1ccc(F)cc1. The van der Waals surface area contributed by atoms with Crippen molar-refractivity contribution in [1.29, 1.82) is 0 Å². The highest BCUT2D eigenvalue weighted by Crippen LogP contribution is 2.48. The van der Waals surface area contributed by atoms with Gasteiger partial charge in [-0.15, -0.1) is 0 Å². The van der Waals surface area contributed by atoms with Crippen molar-refractivity contribution >= 4 is 16.6 Å². The number of hydrogen-bond acceptors (Lipinski definition) is 9. The Hall–Kier alpha value is -4.12. The third-order valence-electron chi connectivity index (χ3n) is 7.58. The van der Waals surface area contributed by atoms with E-state index in [0.29, 0.717) is 54.1 Å². The molecule has 0 amide bonds. The third kappa shape index (κ3) is 7.10. The predicted octanol–water partition coefficient (Wildman–Crippen LogP) is 6.11. The molecule has 2 N–H and O–H groups in total. The Morgan fingerprint density at radius 3 is 2.47 bits per heavy atom. The van der Waals surface area contributed by atoms with Gasteiger partial charge in [-0.05, 0) is 60.9 Å². The van der Waals surface area contributed by atoms with Crippen molar-refractivity contribution in [2.24, 2.45) is 0 Å². The molecule has 9 nitrogen and oxygen atoms in total. The predicted molar refractivity (Wildman–Crippen MR) is 163 cm³/mol. The molecule has 10 heteroatoms. The maximum atomic E-state index is 13.3. The van der Waals surface area contributed by atoms with Crippen molar-refractivity contribution in [3.8, 4) is 28.7 Å². The molecule has 1 atom stereocenters. The maximum absolute atomic E-state index is 13.3.